The van der Waals surface area contributed by atoms with E-state index in [-0.39, 0.29) is 11.8 Å². The second-order valence-corrected chi connectivity index (χ2v) is 5.38. The minimum Gasteiger partial charge on any atom is -0.490 e. The summed E-state index contributed by atoms with van der Waals surface area (Å²) in [4.78, 5) is 24.6. The van der Waals surface area contributed by atoms with Gasteiger partial charge in [-0.1, -0.05) is 31.7 Å². The highest BCUT2D eigenvalue weighted by Gasteiger charge is 2.13. The number of ether oxygens (including phenoxy) is 1. The van der Waals surface area contributed by atoms with E-state index in [1.165, 1.54) is 0 Å². The number of para-hydroxylation sites is 1. The molecule has 0 radical (unpaired) electrons. The molecule has 0 aliphatic carbocycles. The molecule has 0 heterocycles. The molecular formula is C20H22N2O3. The van der Waals surface area contributed by atoms with E-state index < -0.39 is 0 Å². The molecule has 5 nitrogen and oxygen atoms in total. The van der Waals surface area contributed by atoms with Crippen LogP contribution in [0.2, 0.25) is 0 Å². The fraction of sp³-hybridized carbons (Fsp3) is 0.200. The monoisotopic (exact) mass is 338 g/mol. The highest BCUT2D eigenvalue weighted by molar-refractivity contribution is 6.09. The largest absolute Gasteiger partial charge is 0.490 e. The number of hydrogen-bond acceptors (Lipinski definition) is 3. The van der Waals surface area contributed by atoms with Gasteiger partial charge in [0.05, 0.1) is 11.3 Å². The van der Waals surface area contributed by atoms with Crippen molar-refractivity contribution in [3.63, 3.8) is 0 Å². The van der Waals surface area contributed by atoms with Crippen molar-refractivity contribution < 1.29 is 14.3 Å². The van der Waals surface area contributed by atoms with Crippen LogP contribution in [-0.4, -0.2) is 25.0 Å². The summed E-state index contributed by atoms with van der Waals surface area (Å²) in [6, 6.07) is 13.7. The van der Waals surface area contributed by atoms with Crippen LogP contribution in [0.15, 0.2) is 61.2 Å². The van der Waals surface area contributed by atoms with Crippen LogP contribution in [0.1, 0.15) is 34.1 Å². The molecule has 0 unspecified atom stereocenters. The summed E-state index contributed by atoms with van der Waals surface area (Å²) in [6.45, 7) is 6.57. The van der Waals surface area contributed by atoms with Crippen molar-refractivity contribution in [3.8, 4) is 5.75 Å². The lowest BCUT2D eigenvalue weighted by molar-refractivity contribution is 0.0954. The molecule has 5 heteroatoms. The van der Waals surface area contributed by atoms with Crippen molar-refractivity contribution in [2.75, 3.05) is 18.5 Å². The first kappa shape index (κ1) is 18.3. The second kappa shape index (κ2) is 9.27. The van der Waals surface area contributed by atoms with Gasteiger partial charge < -0.3 is 15.4 Å². The van der Waals surface area contributed by atoms with E-state index in [2.05, 4.69) is 17.2 Å². The number of anilines is 1. The SMILES string of the molecule is C=CCOc1ccc(C(=O)Nc2ccccc2C(=O)NCCC)cc1. The van der Waals surface area contributed by atoms with Crippen molar-refractivity contribution >= 4 is 17.5 Å². The van der Waals surface area contributed by atoms with E-state index in [9.17, 15) is 9.59 Å². The van der Waals surface area contributed by atoms with E-state index >= 15 is 0 Å². The number of carbonyl (C=O) groups is 2. The maximum Gasteiger partial charge on any atom is 0.255 e. The Labute approximate surface area is 147 Å². The molecule has 0 saturated heterocycles. The molecule has 0 aliphatic heterocycles. The Balaban J connectivity index is 2.10. The summed E-state index contributed by atoms with van der Waals surface area (Å²) in [5.41, 5.74) is 1.40. The molecule has 130 valence electrons. The average molecular weight is 338 g/mol. The van der Waals surface area contributed by atoms with Crippen LogP contribution in [0, 0.1) is 0 Å². The first-order valence-electron chi connectivity index (χ1n) is 8.18. The number of rotatable bonds is 8. The Bertz CT molecular complexity index is 739. The maximum atomic E-state index is 12.4. The van der Waals surface area contributed by atoms with E-state index in [1.807, 2.05) is 6.92 Å². The zero-order valence-electron chi connectivity index (χ0n) is 14.2. The van der Waals surface area contributed by atoms with E-state index in [1.54, 1.807) is 54.6 Å². The van der Waals surface area contributed by atoms with Gasteiger partial charge in [-0.3, -0.25) is 9.59 Å². The second-order valence-electron chi connectivity index (χ2n) is 5.38. The molecule has 2 amide bonds. The number of amides is 2. The normalized spacial score (nSPS) is 9.96. The number of carbonyl (C=O) groups excluding carboxylic acids is 2. The molecule has 0 bridgehead atoms. The quantitative estimate of drug-likeness (QED) is 0.722. The number of nitrogens with one attached hydrogen (secondary N) is 2. The van der Waals surface area contributed by atoms with Gasteiger partial charge in [0, 0.05) is 12.1 Å². The van der Waals surface area contributed by atoms with E-state index in [4.69, 9.17) is 4.74 Å². The molecule has 0 fully saturated rings. The van der Waals surface area contributed by atoms with Gasteiger partial charge in [0.25, 0.3) is 11.8 Å². The Hall–Kier alpha value is -3.08. The lowest BCUT2D eigenvalue weighted by Crippen LogP contribution is -2.25. The fourth-order valence-electron chi connectivity index (χ4n) is 2.18. The molecule has 0 atom stereocenters. The Morgan fingerprint density at radius 2 is 1.80 bits per heavy atom. The van der Waals surface area contributed by atoms with E-state index in [0.29, 0.717) is 35.7 Å². The minimum atomic E-state index is -0.286. The Morgan fingerprint density at radius 3 is 2.48 bits per heavy atom. The zero-order valence-corrected chi connectivity index (χ0v) is 14.2. The Morgan fingerprint density at radius 1 is 1.08 bits per heavy atom. The molecule has 0 saturated carbocycles. The van der Waals surface area contributed by atoms with Gasteiger partial charge in [-0.05, 0) is 42.8 Å². The predicted octanol–water partition coefficient (Wildman–Crippen LogP) is 3.64. The molecule has 25 heavy (non-hydrogen) atoms. The van der Waals surface area contributed by atoms with Gasteiger partial charge >= 0.3 is 0 Å². The first-order valence-corrected chi connectivity index (χ1v) is 8.18. The predicted molar refractivity (Wildman–Crippen MR) is 99.2 cm³/mol. The van der Waals surface area contributed by atoms with Crippen molar-refractivity contribution in [3.05, 3.63) is 72.3 Å². The maximum absolute atomic E-state index is 12.4. The summed E-state index contributed by atoms with van der Waals surface area (Å²) >= 11 is 0. The lowest BCUT2D eigenvalue weighted by atomic mass is 10.1. The molecule has 0 aliphatic rings. The van der Waals surface area contributed by atoms with Crippen LogP contribution in [-0.2, 0) is 0 Å². The first-order chi connectivity index (χ1) is 12.2. The van der Waals surface area contributed by atoms with Crippen LogP contribution >= 0.6 is 0 Å². The van der Waals surface area contributed by atoms with Gasteiger partial charge in [-0.25, -0.2) is 0 Å². The van der Waals surface area contributed by atoms with Crippen molar-refractivity contribution in [1.82, 2.24) is 5.32 Å². The molecule has 2 aromatic rings. The lowest BCUT2D eigenvalue weighted by Gasteiger charge is -2.11. The average Bonchev–Trinajstić information content (AvgIpc) is 2.65. The summed E-state index contributed by atoms with van der Waals surface area (Å²) in [5, 5.41) is 5.60. The van der Waals surface area contributed by atoms with Crippen LogP contribution in [0.5, 0.6) is 5.75 Å². The highest BCUT2D eigenvalue weighted by Crippen LogP contribution is 2.18. The molecule has 2 aromatic carbocycles. The standard InChI is InChI=1S/C20H22N2O3/c1-3-13-21-20(24)17-7-5-6-8-18(17)22-19(23)15-9-11-16(12-10-15)25-14-4-2/h4-12H,2-3,13-14H2,1H3,(H,21,24)(H,22,23). The third-order valence-corrected chi connectivity index (χ3v) is 3.44. The van der Waals surface area contributed by atoms with Gasteiger partial charge in [0.1, 0.15) is 12.4 Å². The smallest absolute Gasteiger partial charge is 0.255 e. The number of benzene rings is 2. The zero-order chi connectivity index (χ0) is 18.1. The summed E-state index contributed by atoms with van der Waals surface area (Å²) in [7, 11) is 0. The van der Waals surface area contributed by atoms with Gasteiger partial charge in [-0.15, -0.1) is 0 Å². The van der Waals surface area contributed by atoms with E-state index in [0.717, 1.165) is 6.42 Å². The van der Waals surface area contributed by atoms with Gasteiger partial charge in [0.2, 0.25) is 0 Å². The van der Waals surface area contributed by atoms with Gasteiger partial charge in [-0.2, -0.15) is 0 Å². The van der Waals surface area contributed by atoms with Crippen molar-refractivity contribution in [2.24, 2.45) is 0 Å². The van der Waals surface area contributed by atoms with Gasteiger partial charge in [0.15, 0.2) is 0 Å². The van der Waals surface area contributed by atoms with Crippen LogP contribution in [0.4, 0.5) is 5.69 Å². The molecular weight excluding hydrogens is 316 g/mol. The molecule has 2 N–H and O–H groups in total. The highest BCUT2D eigenvalue weighted by atomic mass is 16.5. The summed E-state index contributed by atoms with van der Waals surface area (Å²) in [6.07, 6.45) is 2.50. The third kappa shape index (κ3) is 5.21. The van der Waals surface area contributed by atoms with Crippen molar-refractivity contribution in [1.29, 1.82) is 0 Å². The third-order valence-electron chi connectivity index (χ3n) is 3.44. The van der Waals surface area contributed by atoms with Crippen molar-refractivity contribution in [2.45, 2.75) is 13.3 Å². The number of hydrogen-bond donors (Lipinski definition) is 2. The minimum absolute atomic E-state index is 0.203. The fourth-order valence-corrected chi connectivity index (χ4v) is 2.18. The van der Waals surface area contributed by atoms with Crippen LogP contribution in [0.3, 0.4) is 0 Å². The van der Waals surface area contributed by atoms with Crippen LogP contribution < -0.4 is 15.4 Å². The summed E-state index contributed by atoms with van der Waals surface area (Å²) < 4.78 is 5.39. The Kier molecular flexibility index (Phi) is 6.77. The van der Waals surface area contributed by atoms with Crippen LogP contribution in [0.25, 0.3) is 0 Å². The summed E-state index contributed by atoms with van der Waals surface area (Å²) in [5.74, 6) is 0.174. The molecule has 0 spiro atoms. The topological polar surface area (TPSA) is 67.4 Å². The molecule has 2 rings (SSSR count). The molecule has 0 aromatic heterocycles.